The number of hydrogen-bond donors (Lipinski definition) is 2. The largest absolute Gasteiger partial charge is 0.394 e. The van der Waals surface area contributed by atoms with E-state index in [2.05, 4.69) is 5.32 Å². The Hall–Kier alpha value is -1.33. The smallest absolute Gasteiger partial charge is 0.239 e. The lowest BCUT2D eigenvalue weighted by Gasteiger charge is -2.33. The summed E-state index contributed by atoms with van der Waals surface area (Å²) in [6.45, 7) is 0.528. The third kappa shape index (κ3) is 2.68. The number of nitrogens with zero attached hydrogens (tertiary/aromatic N) is 1. The molecule has 6 heteroatoms. The molecule has 1 unspecified atom stereocenters. The van der Waals surface area contributed by atoms with Crippen molar-refractivity contribution in [2.45, 2.75) is 6.04 Å². The van der Waals surface area contributed by atoms with Gasteiger partial charge in [-0.2, -0.15) is 0 Å². The van der Waals surface area contributed by atoms with Gasteiger partial charge in [0, 0.05) is 12.2 Å². The highest BCUT2D eigenvalue weighted by molar-refractivity contribution is 6.31. The zero-order valence-corrected chi connectivity index (χ0v) is 9.75. The predicted molar refractivity (Wildman–Crippen MR) is 62.6 cm³/mol. The summed E-state index contributed by atoms with van der Waals surface area (Å²) < 4.78 is 13.0. The molecule has 4 nitrogen and oxygen atoms in total. The van der Waals surface area contributed by atoms with Crippen LogP contribution in [-0.4, -0.2) is 36.8 Å². The molecule has 1 fully saturated rings. The van der Waals surface area contributed by atoms with Crippen molar-refractivity contribution in [3.05, 3.63) is 29.0 Å². The lowest BCUT2D eigenvalue weighted by molar-refractivity contribution is -0.121. The first-order chi connectivity index (χ1) is 8.10. The zero-order chi connectivity index (χ0) is 12.4. The number of piperazine rings is 1. The third-order valence-electron chi connectivity index (χ3n) is 2.63. The van der Waals surface area contributed by atoms with E-state index in [9.17, 15) is 9.18 Å². The van der Waals surface area contributed by atoms with Gasteiger partial charge < -0.3 is 15.3 Å². The number of rotatable bonds is 2. The molecule has 0 saturated carbocycles. The number of aliphatic hydroxyl groups is 1. The van der Waals surface area contributed by atoms with E-state index in [1.54, 1.807) is 11.0 Å². The van der Waals surface area contributed by atoms with Gasteiger partial charge in [0.25, 0.3) is 0 Å². The first kappa shape index (κ1) is 12.1. The number of hydrogen-bond acceptors (Lipinski definition) is 3. The molecule has 0 radical (unpaired) electrons. The third-order valence-corrected chi connectivity index (χ3v) is 2.92. The first-order valence-electron chi connectivity index (χ1n) is 5.20. The zero-order valence-electron chi connectivity index (χ0n) is 8.99. The van der Waals surface area contributed by atoms with Crippen LogP contribution in [0.25, 0.3) is 0 Å². The number of aliphatic hydroxyl groups excluding tert-OH is 1. The quantitative estimate of drug-likeness (QED) is 0.824. The summed E-state index contributed by atoms with van der Waals surface area (Å²) in [4.78, 5) is 13.2. The number of carbonyl (C=O) groups is 1. The molecule has 0 aliphatic carbocycles. The van der Waals surface area contributed by atoms with Gasteiger partial charge in [-0.05, 0) is 18.2 Å². The highest BCUT2D eigenvalue weighted by atomic mass is 35.5. The molecule has 2 rings (SSSR count). The summed E-state index contributed by atoms with van der Waals surface area (Å²) >= 11 is 5.69. The Morgan fingerprint density at radius 2 is 2.35 bits per heavy atom. The van der Waals surface area contributed by atoms with Crippen LogP contribution >= 0.6 is 11.6 Å². The number of nitrogens with one attached hydrogen (secondary N) is 1. The maximum atomic E-state index is 13.0. The van der Waals surface area contributed by atoms with E-state index in [1.807, 2.05) is 0 Å². The highest BCUT2D eigenvalue weighted by Crippen LogP contribution is 2.23. The first-order valence-corrected chi connectivity index (χ1v) is 5.58. The van der Waals surface area contributed by atoms with E-state index < -0.39 is 5.82 Å². The lowest BCUT2D eigenvalue weighted by Crippen LogP contribution is -2.55. The summed E-state index contributed by atoms with van der Waals surface area (Å²) in [6.07, 6.45) is 0. The molecule has 1 aromatic carbocycles. The maximum absolute atomic E-state index is 13.0. The van der Waals surface area contributed by atoms with E-state index in [-0.39, 0.29) is 30.1 Å². The van der Waals surface area contributed by atoms with Crippen LogP contribution in [0.2, 0.25) is 5.02 Å². The van der Waals surface area contributed by atoms with Crippen LogP contribution in [0.4, 0.5) is 10.1 Å². The second-order valence-electron chi connectivity index (χ2n) is 3.93. The monoisotopic (exact) mass is 258 g/mol. The minimum atomic E-state index is -0.490. The molecule has 2 N–H and O–H groups in total. The van der Waals surface area contributed by atoms with Crippen molar-refractivity contribution in [1.82, 2.24) is 5.32 Å². The van der Waals surface area contributed by atoms with Crippen LogP contribution in [0, 0.1) is 5.82 Å². The average Bonchev–Trinajstić information content (AvgIpc) is 2.32. The van der Waals surface area contributed by atoms with Gasteiger partial charge in [0.1, 0.15) is 5.82 Å². The van der Waals surface area contributed by atoms with Crippen LogP contribution in [-0.2, 0) is 4.79 Å². The highest BCUT2D eigenvalue weighted by Gasteiger charge is 2.24. The van der Waals surface area contributed by atoms with E-state index in [4.69, 9.17) is 16.7 Å². The van der Waals surface area contributed by atoms with Gasteiger partial charge in [0.15, 0.2) is 0 Å². The molecule has 1 aromatic rings. The van der Waals surface area contributed by atoms with Crippen LogP contribution in [0.3, 0.4) is 0 Å². The van der Waals surface area contributed by atoms with Crippen molar-refractivity contribution in [2.24, 2.45) is 0 Å². The molecule has 1 saturated heterocycles. The fourth-order valence-corrected chi connectivity index (χ4v) is 1.98. The van der Waals surface area contributed by atoms with Gasteiger partial charge in [0.2, 0.25) is 5.91 Å². The molecule has 0 bridgehead atoms. The van der Waals surface area contributed by atoms with Crippen molar-refractivity contribution in [3.8, 4) is 0 Å². The summed E-state index contributed by atoms with van der Waals surface area (Å²) in [5, 5.41) is 11.7. The van der Waals surface area contributed by atoms with Crippen molar-refractivity contribution >= 4 is 23.2 Å². The maximum Gasteiger partial charge on any atom is 0.239 e. The SMILES string of the molecule is O=C1CN(c2ccc(F)c(Cl)c2)CC(CO)N1. The molecule has 0 aromatic heterocycles. The fraction of sp³-hybridized carbons (Fsp3) is 0.364. The molecular weight excluding hydrogens is 247 g/mol. The molecule has 1 amide bonds. The van der Waals surface area contributed by atoms with Gasteiger partial charge in [-0.1, -0.05) is 11.6 Å². The topological polar surface area (TPSA) is 52.6 Å². The number of anilines is 1. The molecule has 1 aliphatic rings. The van der Waals surface area contributed by atoms with Crippen LogP contribution in [0.5, 0.6) is 0 Å². The fourth-order valence-electron chi connectivity index (χ4n) is 1.80. The van der Waals surface area contributed by atoms with Gasteiger partial charge in [-0.25, -0.2) is 4.39 Å². The van der Waals surface area contributed by atoms with Crippen molar-refractivity contribution in [3.63, 3.8) is 0 Å². The van der Waals surface area contributed by atoms with Crippen molar-refractivity contribution < 1.29 is 14.3 Å². The minimum Gasteiger partial charge on any atom is -0.394 e. The Morgan fingerprint density at radius 3 is 3.00 bits per heavy atom. The summed E-state index contributed by atoms with van der Waals surface area (Å²) in [7, 11) is 0. The number of amides is 1. The van der Waals surface area contributed by atoms with E-state index >= 15 is 0 Å². The van der Waals surface area contributed by atoms with Gasteiger partial charge >= 0.3 is 0 Å². The van der Waals surface area contributed by atoms with Crippen molar-refractivity contribution in [2.75, 3.05) is 24.6 Å². The Bertz CT molecular complexity index is 441. The van der Waals surface area contributed by atoms with Crippen LogP contribution in [0.1, 0.15) is 0 Å². The Morgan fingerprint density at radius 1 is 1.59 bits per heavy atom. The van der Waals surface area contributed by atoms with Crippen LogP contribution in [0.15, 0.2) is 18.2 Å². The Balaban J connectivity index is 2.20. The number of halogens is 2. The van der Waals surface area contributed by atoms with E-state index in [0.717, 1.165) is 0 Å². The van der Waals surface area contributed by atoms with Gasteiger partial charge in [-0.15, -0.1) is 0 Å². The molecule has 92 valence electrons. The van der Waals surface area contributed by atoms with E-state index in [0.29, 0.717) is 12.2 Å². The standard InChI is InChI=1S/C11H12ClFN2O2/c12-9-3-8(1-2-10(9)13)15-4-7(6-16)14-11(17)5-15/h1-3,7,16H,4-6H2,(H,14,17). The van der Waals surface area contributed by atoms with Crippen molar-refractivity contribution in [1.29, 1.82) is 0 Å². The predicted octanol–water partition coefficient (Wildman–Crippen LogP) is 0.776. The second-order valence-corrected chi connectivity index (χ2v) is 4.33. The molecule has 0 spiro atoms. The Labute approximate surface area is 103 Å². The van der Waals surface area contributed by atoms with E-state index in [1.165, 1.54) is 12.1 Å². The molecule has 1 heterocycles. The lowest BCUT2D eigenvalue weighted by atomic mass is 10.2. The molecule has 1 aliphatic heterocycles. The van der Waals surface area contributed by atoms with Gasteiger partial charge in [-0.3, -0.25) is 4.79 Å². The Kier molecular flexibility index (Phi) is 3.49. The molecular formula is C11H12ClFN2O2. The normalized spacial score (nSPS) is 20.3. The average molecular weight is 259 g/mol. The summed E-state index contributed by atoms with van der Waals surface area (Å²) in [6, 6.07) is 4.00. The number of benzene rings is 1. The summed E-state index contributed by atoms with van der Waals surface area (Å²) in [5.41, 5.74) is 0.671. The molecule has 17 heavy (non-hydrogen) atoms. The minimum absolute atomic E-state index is 0.0223. The summed E-state index contributed by atoms with van der Waals surface area (Å²) in [5.74, 6) is -0.661. The second kappa shape index (κ2) is 4.89. The molecule has 1 atom stereocenters. The van der Waals surface area contributed by atoms with Gasteiger partial charge in [0.05, 0.1) is 24.2 Å². The number of carbonyl (C=O) groups excluding carboxylic acids is 1. The van der Waals surface area contributed by atoms with Crippen LogP contribution < -0.4 is 10.2 Å².